The van der Waals surface area contributed by atoms with E-state index in [0.29, 0.717) is 6.61 Å². The fourth-order valence-corrected chi connectivity index (χ4v) is 1.41. The maximum Gasteiger partial charge on any atom is 0.105 e. The van der Waals surface area contributed by atoms with E-state index >= 15 is 0 Å². The van der Waals surface area contributed by atoms with Crippen molar-refractivity contribution in [1.29, 1.82) is 0 Å². The summed E-state index contributed by atoms with van der Waals surface area (Å²) < 4.78 is 5.10. The van der Waals surface area contributed by atoms with Crippen LogP contribution >= 0.6 is 0 Å². The van der Waals surface area contributed by atoms with Crippen molar-refractivity contribution in [1.82, 2.24) is 0 Å². The quantitative estimate of drug-likeness (QED) is 0.540. The molecule has 0 fully saturated rings. The van der Waals surface area contributed by atoms with Crippen molar-refractivity contribution in [2.24, 2.45) is 0 Å². The Morgan fingerprint density at radius 2 is 1.69 bits per heavy atom. The summed E-state index contributed by atoms with van der Waals surface area (Å²) in [5, 5.41) is 0. The Bertz CT molecular complexity index is 319. The Morgan fingerprint density at radius 3 is 2.19 bits per heavy atom. The molecule has 0 saturated carbocycles. The third-order valence-electron chi connectivity index (χ3n) is 2.47. The smallest absolute Gasteiger partial charge is 0.105 e. The van der Waals surface area contributed by atoms with Crippen molar-refractivity contribution in [3.05, 3.63) is 37.1 Å². The molecule has 0 spiro atoms. The molecule has 0 N–H and O–H groups in total. The summed E-state index contributed by atoms with van der Waals surface area (Å²) in [7, 11) is 6.13. The van der Waals surface area contributed by atoms with Gasteiger partial charge < -0.3 is 14.5 Å². The number of nitrogens with zero attached hydrogens (tertiary/aromatic N) is 2. The van der Waals surface area contributed by atoms with Gasteiger partial charge in [0.2, 0.25) is 0 Å². The molecule has 0 unspecified atom stereocenters. The summed E-state index contributed by atoms with van der Waals surface area (Å²) in [5.41, 5.74) is 2.40. The van der Waals surface area contributed by atoms with Gasteiger partial charge in [0.1, 0.15) is 6.61 Å². The minimum Gasteiger partial charge on any atom is -0.500 e. The van der Waals surface area contributed by atoms with Crippen LogP contribution in [0.2, 0.25) is 0 Å². The van der Waals surface area contributed by atoms with Gasteiger partial charge in [-0.2, -0.15) is 0 Å². The summed E-state index contributed by atoms with van der Waals surface area (Å²) in [6.45, 7) is 5.03. The Morgan fingerprint density at radius 1 is 1.12 bits per heavy atom. The molecule has 1 aromatic rings. The first kappa shape index (κ1) is 12.4. The standard InChI is InChI=1S/C13H20N2O/c1-5-16-11-10-15(4)13-8-6-12(7-9-13)14(2)3/h5-9H,1,10-11H2,2-4H3. The fraction of sp³-hybridized carbons (Fsp3) is 0.385. The maximum absolute atomic E-state index is 5.10. The van der Waals surface area contributed by atoms with Crippen LogP contribution in [-0.2, 0) is 4.74 Å². The van der Waals surface area contributed by atoms with Crippen molar-refractivity contribution in [2.75, 3.05) is 44.1 Å². The lowest BCUT2D eigenvalue weighted by atomic mass is 10.2. The highest BCUT2D eigenvalue weighted by Gasteiger charge is 2.01. The highest BCUT2D eigenvalue weighted by atomic mass is 16.5. The number of likely N-dealkylation sites (N-methyl/N-ethyl adjacent to an activating group) is 1. The van der Waals surface area contributed by atoms with Crippen molar-refractivity contribution in [2.45, 2.75) is 0 Å². The first-order valence-corrected chi connectivity index (χ1v) is 5.36. The second-order valence-electron chi connectivity index (χ2n) is 3.87. The molecular formula is C13H20N2O. The molecule has 88 valence electrons. The topological polar surface area (TPSA) is 15.7 Å². The summed E-state index contributed by atoms with van der Waals surface area (Å²) in [6.07, 6.45) is 1.48. The number of hydrogen-bond donors (Lipinski definition) is 0. The molecule has 0 atom stereocenters. The average molecular weight is 220 g/mol. The van der Waals surface area contributed by atoms with Crippen molar-refractivity contribution in [3.8, 4) is 0 Å². The zero-order chi connectivity index (χ0) is 12.0. The van der Waals surface area contributed by atoms with Gasteiger partial charge in [-0.1, -0.05) is 6.58 Å². The Hall–Kier alpha value is -1.64. The number of rotatable bonds is 6. The Labute approximate surface area is 97.9 Å². The largest absolute Gasteiger partial charge is 0.500 e. The summed E-state index contributed by atoms with van der Waals surface area (Å²) in [5.74, 6) is 0. The molecule has 0 aromatic heterocycles. The average Bonchev–Trinajstić information content (AvgIpc) is 2.29. The van der Waals surface area contributed by atoms with Crippen LogP contribution in [0.1, 0.15) is 0 Å². The molecule has 3 nitrogen and oxygen atoms in total. The molecule has 0 heterocycles. The Balaban J connectivity index is 2.55. The SMILES string of the molecule is C=COCCN(C)c1ccc(N(C)C)cc1. The van der Waals surface area contributed by atoms with E-state index in [1.807, 2.05) is 14.1 Å². The van der Waals surface area contributed by atoms with E-state index in [9.17, 15) is 0 Å². The third-order valence-corrected chi connectivity index (χ3v) is 2.47. The van der Waals surface area contributed by atoms with Crippen LogP contribution in [0, 0.1) is 0 Å². The van der Waals surface area contributed by atoms with Gasteiger partial charge in [-0.3, -0.25) is 0 Å². The van der Waals surface area contributed by atoms with Gasteiger partial charge in [-0.15, -0.1) is 0 Å². The minimum absolute atomic E-state index is 0.662. The number of benzene rings is 1. The van der Waals surface area contributed by atoms with Crippen LogP contribution in [0.25, 0.3) is 0 Å². The zero-order valence-electron chi connectivity index (χ0n) is 10.3. The lowest BCUT2D eigenvalue weighted by Gasteiger charge is -2.20. The van der Waals surface area contributed by atoms with Gasteiger partial charge in [-0.05, 0) is 24.3 Å². The predicted molar refractivity (Wildman–Crippen MR) is 70.2 cm³/mol. The van der Waals surface area contributed by atoms with E-state index in [1.165, 1.54) is 17.6 Å². The summed E-state index contributed by atoms with van der Waals surface area (Å²) >= 11 is 0. The van der Waals surface area contributed by atoms with Crippen molar-refractivity contribution >= 4 is 11.4 Å². The van der Waals surface area contributed by atoms with Gasteiger partial charge in [0, 0.05) is 32.5 Å². The monoisotopic (exact) mass is 220 g/mol. The molecule has 1 aromatic carbocycles. The second-order valence-corrected chi connectivity index (χ2v) is 3.87. The van der Waals surface area contributed by atoms with Gasteiger partial charge in [-0.25, -0.2) is 0 Å². The van der Waals surface area contributed by atoms with E-state index in [1.54, 1.807) is 0 Å². The van der Waals surface area contributed by atoms with Crippen molar-refractivity contribution < 1.29 is 4.74 Å². The van der Waals surface area contributed by atoms with Crippen LogP contribution in [0.15, 0.2) is 37.1 Å². The lowest BCUT2D eigenvalue weighted by molar-refractivity contribution is 0.259. The minimum atomic E-state index is 0.662. The predicted octanol–water partition coefficient (Wildman–Crippen LogP) is 2.35. The van der Waals surface area contributed by atoms with Gasteiger partial charge in [0.25, 0.3) is 0 Å². The van der Waals surface area contributed by atoms with Gasteiger partial charge in [0.05, 0.1) is 12.8 Å². The van der Waals surface area contributed by atoms with Crippen LogP contribution in [-0.4, -0.2) is 34.3 Å². The highest BCUT2D eigenvalue weighted by Crippen LogP contribution is 2.18. The number of anilines is 2. The molecule has 0 saturated heterocycles. The molecular weight excluding hydrogens is 200 g/mol. The molecule has 0 aliphatic carbocycles. The van der Waals surface area contributed by atoms with Crippen molar-refractivity contribution in [3.63, 3.8) is 0 Å². The maximum atomic E-state index is 5.10. The van der Waals surface area contributed by atoms with Crippen LogP contribution in [0.5, 0.6) is 0 Å². The molecule has 16 heavy (non-hydrogen) atoms. The highest BCUT2D eigenvalue weighted by molar-refractivity contribution is 5.55. The molecule has 0 aliphatic rings. The van der Waals surface area contributed by atoms with E-state index < -0.39 is 0 Å². The molecule has 0 radical (unpaired) electrons. The molecule has 0 aliphatic heterocycles. The zero-order valence-corrected chi connectivity index (χ0v) is 10.3. The molecule has 3 heteroatoms. The number of ether oxygens (including phenoxy) is 1. The first-order valence-electron chi connectivity index (χ1n) is 5.36. The van der Waals surface area contributed by atoms with Crippen LogP contribution in [0.4, 0.5) is 11.4 Å². The van der Waals surface area contributed by atoms with E-state index in [4.69, 9.17) is 4.74 Å². The van der Waals surface area contributed by atoms with E-state index in [-0.39, 0.29) is 0 Å². The first-order chi connectivity index (χ1) is 7.65. The fourth-order valence-electron chi connectivity index (χ4n) is 1.41. The van der Waals surface area contributed by atoms with E-state index in [2.05, 4.69) is 47.7 Å². The normalized spacial score (nSPS) is 9.69. The summed E-state index contributed by atoms with van der Waals surface area (Å²) in [4.78, 5) is 4.24. The second kappa shape index (κ2) is 6.05. The molecule has 1 rings (SSSR count). The molecule has 0 amide bonds. The molecule has 0 bridgehead atoms. The summed E-state index contributed by atoms with van der Waals surface area (Å²) in [6, 6.07) is 8.45. The van der Waals surface area contributed by atoms with Gasteiger partial charge in [0.15, 0.2) is 0 Å². The third kappa shape index (κ3) is 3.50. The van der Waals surface area contributed by atoms with E-state index in [0.717, 1.165) is 6.54 Å². The van der Waals surface area contributed by atoms with Crippen LogP contribution in [0.3, 0.4) is 0 Å². The number of hydrogen-bond acceptors (Lipinski definition) is 3. The lowest BCUT2D eigenvalue weighted by Crippen LogP contribution is -2.21. The van der Waals surface area contributed by atoms with Crippen LogP contribution < -0.4 is 9.80 Å². The Kier molecular flexibility index (Phi) is 4.70. The van der Waals surface area contributed by atoms with Gasteiger partial charge >= 0.3 is 0 Å².